The van der Waals surface area contributed by atoms with Crippen LogP contribution in [0.15, 0.2) is 18.2 Å². The third kappa shape index (κ3) is 4.35. The Hall–Kier alpha value is -1.09. The highest BCUT2D eigenvalue weighted by Gasteiger charge is 2.12. The highest BCUT2D eigenvalue weighted by molar-refractivity contribution is 5.36. The number of benzene rings is 1. The molecule has 0 saturated heterocycles. The van der Waals surface area contributed by atoms with Crippen LogP contribution in [-0.2, 0) is 0 Å². The van der Waals surface area contributed by atoms with Crippen molar-refractivity contribution in [2.45, 2.75) is 39.0 Å². The molecule has 0 aliphatic rings. The number of hydrogen-bond donors (Lipinski definition) is 1. The molecule has 1 aromatic rings. The predicted molar refractivity (Wildman–Crippen MR) is 68.9 cm³/mol. The van der Waals surface area contributed by atoms with Crippen molar-refractivity contribution in [2.75, 3.05) is 13.2 Å². The van der Waals surface area contributed by atoms with E-state index in [1.165, 1.54) is 6.07 Å². The summed E-state index contributed by atoms with van der Waals surface area (Å²) in [5, 5.41) is 0. The van der Waals surface area contributed by atoms with Crippen LogP contribution in [0, 0.1) is 5.82 Å². The number of nitrogens with two attached hydrogens (primary N) is 1. The van der Waals surface area contributed by atoms with Gasteiger partial charge < -0.3 is 10.5 Å². The first-order chi connectivity index (χ1) is 8.19. The Morgan fingerprint density at radius 3 is 2.82 bits per heavy atom. The van der Waals surface area contributed by atoms with Crippen molar-refractivity contribution in [2.24, 2.45) is 5.73 Å². The lowest BCUT2D eigenvalue weighted by molar-refractivity contribution is 0.311. The van der Waals surface area contributed by atoms with Crippen molar-refractivity contribution in [3.05, 3.63) is 29.6 Å². The van der Waals surface area contributed by atoms with Gasteiger partial charge in [0, 0.05) is 0 Å². The second-order valence-electron chi connectivity index (χ2n) is 4.36. The minimum Gasteiger partial charge on any atom is -0.493 e. The first kappa shape index (κ1) is 14.0. The minimum absolute atomic E-state index is 0.205. The molecule has 0 aromatic heterocycles. The first-order valence-corrected chi connectivity index (χ1v) is 6.31. The molecule has 17 heavy (non-hydrogen) atoms. The summed E-state index contributed by atoms with van der Waals surface area (Å²) in [4.78, 5) is 0. The van der Waals surface area contributed by atoms with E-state index >= 15 is 0 Å². The smallest absolute Gasteiger partial charge is 0.123 e. The van der Waals surface area contributed by atoms with Gasteiger partial charge in [0.15, 0.2) is 0 Å². The average Bonchev–Trinajstić information content (AvgIpc) is 2.34. The number of rotatable bonds is 7. The van der Waals surface area contributed by atoms with Gasteiger partial charge in [-0.3, -0.25) is 0 Å². The standard InChI is InChI=1S/C14H22FNO/c1-3-9-17-14-7-6-12(15)10-13(14)11(2)5-4-8-16/h6-7,10-11H,3-5,8-9,16H2,1-2H3. The lowest BCUT2D eigenvalue weighted by Crippen LogP contribution is -2.05. The van der Waals surface area contributed by atoms with Crippen LogP contribution in [0.25, 0.3) is 0 Å². The summed E-state index contributed by atoms with van der Waals surface area (Å²) in [5.41, 5.74) is 6.45. The van der Waals surface area contributed by atoms with E-state index in [1.54, 1.807) is 12.1 Å². The molecule has 0 spiro atoms. The van der Waals surface area contributed by atoms with Crippen LogP contribution in [0.5, 0.6) is 5.75 Å². The van der Waals surface area contributed by atoms with Crippen molar-refractivity contribution in [3.63, 3.8) is 0 Å². The first-order valence-electron chi connectivity index (χ1n) is 6.31. The highest BCUT2D eigenvalue weighted by atomic mass is 19.1. The summed E-state index contributed by atoms with van der Waals surface area (Å²) in [6.45, 7) is 5.48. The van der Waals surface area contributed by atoms with Crippen LogP contribution in [-0.4, -0.2) is 13.2 Å². The van der Waals surface area contributed by atoms with Crippen LogP contribution < -0.4 is 10.5 Å². The van der Waals surface area contributed by atoms with Crippen LogP contribution >= 0.6 is 0 Å². The van der Waals surface area contributed by atoms with E-state index in [-0.39, 0.29) is 11.7 Å². The van der Waals surface area contributed by atoms with Gasteiger partial charge in [0.05, 0.1) is 6.61 Å². The van der Waals surface area contributed by atoms with E-state index in [1.807, 2.05) is 0 Å². The van der Waals surface area contributed by atoms with Gasteiger partial charge in [0.25, 0.3) is 0 Å². The normalized spacial score (nSPS) is 12.5. The lowest BCUT2D eigenvalue weighted by Gasteiger charge is -2.16. The molecule has 1 unspecified atom stereocenters. The molecule has 1 atom stereocenters. The Morgan fingerprint density at radius 2 is 2.18 bits per heavy atom. The number of hydrogen-bond acceptors (Lipinski definition) is 2. The maximum atomic E-state index is 13.3. The SMILES string of the molecule is CCCOc1ccc(F)cc1C(C)CCCN. The van der Waals surface area contributed by atoms with Crippen LogP contribution in [0.4, 0.5) is 4.39 Å². The van der Waals surface area contributed by atoms with Crippen molar-refractivity contribution in [1.82, 2.24) is 0 Å². The van der Waals surface area contributed by atoms with Gasteiger partial charge in [-0.15, -0.1) is 0 Å². The summed E-state index contributed by atoms with van der Waals surface area (Å²) >= 11 is 0. The van der Waals surface area contributed by atoms with E-state index in [4.69, 9.17) is 10.5 Å². The Balaban J connectivity index is 2.81. The average molecular weight is 239 g/mol. The lowest BCUT2D eigenvalue weighted by atomic mass is 9.95. The largest absolute Gasteiger partial charge is 0.493 e. The van der Waals surface area contributed by atoms with E-state index in [0.717, 1.165) is 30.6 Å². The van der Waals surface area contributed by atoms with E-state index in [2.05, 4.69) is 13.8 Å². The maximum Gasteiger partial charge on any atom is 0.123 e. The monoisotopic (exact) mass is 239 g/mol. The van der Waals surface area contributed by atoms with Gasteiger partial charge in [-0.25, -0.2) is 4.39 Å². The molecule has 0 amide bonds. The predicted octanol–water partition coefficient (Wildman–Crippen LogP) is 3.46. The second-order valence-corrected chi connectivity index (χ2v) is 4.36. The summed E-state index contributed by atoms with van der Waals surface area (Å²) < 4.78 is 18.9. The van der Waals surface area contributed by atoms with E-state index in [0.29, 0.717) is 13.2 Å². The molecule has 1 aromatic carbocycles. The molecule has 0 bridgehead atoms. The zero-order valence-corrected chi connectivity index (χ0v) is 10.7. The minimum atomic E-state index is -0.205. The van der Waals surface area contributed by atoms with Crippen molar-refractivity contribution in [1.29, 1.82) is 0 Å². The molecule has 0 saturated carbocycles. The quantitative estimate of drug-likeness (QED) is 0.791. The Kier molecular flexibility index (Phi) is 5.98. The fourth-order valence-corrected chi connectivity index (χ4v) is 1.83. The van der Waals surface area contributed by atoms with Gasteiger partial charge in [-0.1, -0.05) is 13.8 Å². The highest BCUT2D eigenvalue weighted by Crippen LogP contribution is 2.30. The maximum absolute atomic E-state index is 13.3. The fraction of sp³-hybridized carbons (Fsp3) is 0.571. The second kappa shape index (κ2) is 7.28. The molecular formula is C14H22FNO. The molecular weight excluding hydrogens is 217 g/mol. The van der Waals surface area contributed by atoms with Gasteiger partial charge in [0.2, 0.25) is 0 Å². The summed E-state index contributed by atoms with van der Waals surface area (Å²) in [6.07, 6.45) is 2.86. The number of ether oxygens (including phenoxy) is 1. The molecule has 1 rings (SSSR count). The molecule has 0 fully saturated rings. The summed E-state index contributed by atoms with van der Waals surface area (Å²) in [5.74, 6) is 0.877. The molecule has 2 nitrogen and oxygen atoms in total. The molecule has 3 heteroatoms. The molecule has 96 valence electrons. The van der Waals surface area contributed by atoms with Crippen molar-refractivity contribution < 1.29 is 9.13 Å². The van der Waals surface area contributed by atoms with Gasteiger partial charge in [-0.05, 0) is 55.5 Å². The third-order valence-corrected chi connectivity index (χ3v) is 2.81. The Labute approximate surface area is 103 Å². The topological polar surface area (TPSA) is 35.2 Å². The van der Waals surface area contributed by atoms with Crippen molar-refractivity contribution in [3.8, 4) is 5.75 Å². The summed E-state index contributed by atoms with van der Waals surface area (Å²) in [6, 6.07) is 4.75. The zero-order valence-electron chi connectivity index (χ0n) is 10.7. The summed E-state index contributed by atoms with van der Waals surface area (Å²) in [7, 11) is 0. The van der Waals surface area contributed by atoms with Gasteiger partial charge in [-0.2, -0.15) is 0 Å². The van der Waals surface area contributed by atoms with Gasteiger partial charge in [0.1, 0.15) is 11.6 Å². The molecule has 0 aliphatic carbocycles. The van der Waals surface area contributed by atoms with Gasteiger partial charge >= 0.3 is 0 Å². The number of halogens is 1. The van der Waals surface area contributed by atoms with Crippen LogP contribution in [0.1, 0.15) is 44.6 Å². The van der Waals surface area contributed by atoms with E-state index < -0.39 is 0 Å². The molecule has 0 radical (unpaired) electrons. The Bertz CT molecular complexity index is 341. The zero-order chi connectivity index (χ0) is 12.7. The fourth-order valence-electron chi connectivity index (χ4n) is 1.83. The Morgan fingerprint density at radius 1 is 1.41 bits per heavy atom. The van der Waals surface area contributed by atoms with Crippen LogP contribution in [0.3, 0.4) is 0 Å². The van der Waals surface area contributed by atoms with E-state index in [9.17, 15) is 4.39 Å². The van der Waals surface area contributed by atoms with Crippen molar-refractivity contribution >= 4 is 0 Å². The van der Waals surface area contributed by atoms with Crippen LogP contribution in [0.2, 0.25) is 0 Å². The molecule has 0 heterocycles. The molecule has 0 aliphatic heterocycles. The molecule has 2 N–H and O–H groups in total. The third-order valence-electron chi connectivity index (χ3n) is 2.81.